The summed E-state index contributed by atoms with van der Waals surface area (Å²) in [6, 6.07) is 33.1. The maximum atomic E-state index is 5.02. The average Bonchev–Trinajstić information content (AvgIpc) is 3.23. The quantitative estimate of drug-likeness (QED) is 0.374. The summed E-state index contributed by atoms with van der Waals surface area (Å²) in [6.45, 7) is 4.43. The molecule has 4 aromatic rings. The Morgan fingerprint density at radius 3 is 1.50 bits per heavy atom. The molecule has 0 radical (unpaired) electrons. The standard InChI is InChI=1S/C25H25NPS/c1-20(2)24-19-28-25(26-24)18-27(21-12-6-3-7-13-21,22-14-8-4-9-15-22)23-16-10-5-11-17-23/h3-17,19-20H,18H2,1-2H3/q+1. The Kier molecular flexibility index (Phi) is 5.71. The number of hydrogen-bond donors (Lipinski definition) is 0. The van der Waals surface area contributed by atoms with Gasteiger partial charge in [0, 0.05) is 5.38 Å². The Morgan fingerprint density at radius 1 is 0.714 bits per heavy atom. The molecule has 0 aliphatic heterocycles. The van der Waals surface area contributed by atoms with Crippen LogP contribution in [-0.4, -0.2) is 4.98 Å². The molecule has 0 amide bonds. The molecule has 0 saturated carbocycles. The molecule has 1 nitrogen and oxygen atoms in total. The summed E-state index contributed by atoms with van der Waals surface area (Å²) in [5.74, 6) is 0.461. The van der Waals surface area contributed by atoms with Crippen LogP contribution in [0, 0.1) is 0 Å². The van der Waals surface area contributed by atoms with Crippen molar-refractivity contribution in [1.82, 2.24) is 4.98 Å². The summed E-state index contributed by atoms with van der Waals surface area (Å²) in [7, 11) is -1.84. The maximum absolute atomic E-state index is 5.02. The normalized spacial score (nSPS) is 11.7. The van der Waals surface area contributed by atoms with Crippen molar-refractivity contribution in [2.75, 3.05) is 0 Å². The fourth-order valence-corrected chi connectivity index (χ4v) is 9.22. The van der Waals surface area contributed by atoms with Gasteiger partial charge in [-0.2, -0.15) is 0 Å². The van der Waals surface area contributed by atoms with E-state index in [1.54, 1.807) is 11.3 Å². The zero-order valence-corrected chi connectivity index (χ0v) is 18.0. The van der Waals surface area contributed by atoms with Crippen LogP contribution in [0.1, 0.15) is 30.5 Å². The van der Waals surface area contributed by atoms with Crippen molar-refractivity contribution in [3.63, 3.8) is 0 Å². The fourth-order valence-electron chi connectivity index (χ4n) is 3.63. The zero-order chi connectivity index (χ0) is 19.4. The average molecular weight is 403 g/mol. The first-order valence-electron chi connectivity index (χ1n) is 9.69. The number of nitrogens with zero attached hydrogens (tertiary/aromatic N) is 1. The molecule has 0 saturated heterocycles. The Bertz CT molecular complexity index is 913. The second kappa shape index (κ2) is 8.39. The SMILES string of the molecule is CC(C)c1csc(C[P+](c2ccccc2)(c2ccccc2)c2ccccc2)n1. The minimum absolute atomic E-state index is 0.461. The summed E-state index contributed by atoms with van der Waals surface area (Å²) in [4.78, 5) is 5.02. The predicted molar refractivity (Wildman–Crippen MR) is 125 cm³/mol. The molecule has 0 fully saturated rings. The van der Waals surface area contributed by atoms with Crippen molar-refractivity contribution >= 4 is 34.5 Å². The topological polar surface area (TPSA) is 12.9 Å². The van der Waals surface area contributed by atoms with Gasteiger partial charge in [-0.1, -0.05) is 68.4 Å². The first-order valence-corrected chi connectivity index (χ1v) is 12.5. The van der Waals surface area contributed by atoms with E-state index in [2.05, 4.69) is 110 Å². The molecule has 0 aliphatic carbocycles. The van der Waals surface area contributed by atoms with Crippen molar-refractivity contribution < 1.29 is 0 Å². The number of thiazole rings is 1. The summed E-state index contributed by atoms with van der Waals surface area (Å²) < 4.78 is 0. The lowest BCUT2D eigenvalue weighted by Gasteiger charge is -2.26. The molecule has 140 valence electrons. The molecule has 0 spiro atoms. The van der Waals surface area contributed by atoms with E-state index in [0.29, 0.717) is 5.92 Å². The highest BCUT2D eigenvalue weighted by molar-refractivity contribution is 7.95. The van der Waals surface area contributed by atoms with Crippen molar-refractivity contribution in [3.8, 4) is 0 Å². The van der Waals surface area contributed by atoms with Crippen LogP contribution in [0.25, 0.3) is 0 Å². The highest BCUT2D eigenvalue weighted by atomic mass is 32.1. The maximum Gasteiger partial charge on any atom is 0.131 e. The molecule has 1 aromatic heterocycles. The van der Waals surface area contributed by atoms with Crippen LogP contribution in [-0.2, 0) is 6.16 Å². The Balaban J connectivity index is 1.95. The van der Waals surface area contributed by atoms with Crippen molar-refractivity contribution in [2.24, 2.45) is 0 Å². The van der Waals surface area contributed by atoms with Crippen molar-refractivity contribution in [3.05, 3.63) is 107 Å². The van der Waals surface area contributed by atoms with Gasteiger partial charge in [0.05, 0.1) is 5.69 Å². The van der Waals surface area contributed by atoms with Gasteiger partial charge in [-0.3, -0.25) is 0 Å². The number of benzene rings is 3. The van der Waals surface area contributed by atoms with Gasteiger partial charge < -0.3 is 0 Å². The van der Waals surface area contributed by atoms with Gasteiger partial charge in [-0.05, 0) is 42.3 Å². The highest BCUT2D eigenvalue weighted by Crippen LogP contribution is 2.58. The van der Waals surface area contributed by atoms with E-state index in [1.165, 1.54) is 26.6 Å². The molecule has 0 unspecified atom stereocenters. The number of hydrogen-bond acceptors (Lipinski definition) is 2. The van der Waals surface area contributed by atoms with Gasteiger partial charge in [-0.15, -0.1) is 11.3 Å². The van der Waals surface area contributed by atoms with Crippen LogP contribution in [0.15, 0.2) is 96.4 Å². The van der Waals surface area contributed by atoms with Crippen molar-refractivity contribution in [2.45, 2.75) is 25.9 Å². The van der Waals surface area contributed by atoms with Gasteiger partial charge in [0.25, 0.3) is 0 Å². The molecule has 0 N–H and O–H groups in total. The van der Waals surface area contributed by atoms with E-state index in [9.17, 15) is 0 Å². The first-order chi connectivity index (χ1) is 13.7. The van der Waals surface area contributed by atoms with Crippen LogP contribution in [0.4, 0.5) is 0 Å². The van der Waals surface area contributed by atoms with Gasteiger partial charge in [0.15, 0.2) is 0 Å². The molecule has 0 aliphatic rings. The summed E-state index contributed by atoms with van der Waals surface area (Å²) in [5, 5.41) is 7.69. The van der Waals surface area contributed by atoms with Gasteiger partial charge in [-0.25, -0.2) is 4.98 Å². The van der Waals surface area contributed by atoms with E-state index in [4.69, 9.17) is 4.98 Å². The number of aromatic nitrogens is 1. The second-order valence-corrected chi connectivity index (χ2v) is 11.7. The highest BCUT2D eigenvalue weighted by Gasteiger charge is 2.46. The van der Waals surface area contributed by atoms with Crippen molar-refractivity contribution in [1.29, 1.82) is 0 Å². The molecular formula is C25H25NPS+. The first kappa shape index (κ1) is 19.1. The largest absolute Gasteiger partial charge is 0.242 e. The molecule has 3 aromatic carbocycles. The molecule has 1 heterocycles. The summed E-state index contributed by atoms with van der Waals surface area (Å²) in [5.41, 5.74) is 1.20. The van der Waals surface area contributed by atoms with E-state index in [1.807, 2.05) is 0 Å². The van der Waals surface area contributed by atoms with Crippen LogP contribution in [0.5, 0.6) is 0 Å². The summed E-state index contributed by atoms with van der Waals surface area (Å²) >= 11 is 1.81. The van der Waals surface area contributed by atoms with E-state index in [0.717, 1.165) is 6.16 Å². The third-order valence-corrected chi connectivity index (χ3v) is 10.5. The van der Waals surface area contributed by atoms with Crippen LogP contribution < -0.4 is 15.9 Å². The molecule has 3 heteroatoms. The summed E-state index contributed by atoms with van der Waals surface area (Å²) in [6.07, 6.45) is 0.961. The third kappa shape index (κ3) is 3.68. The monoisotopic (exact) mass is 402 g/mol. The van der Waals surface area contributed by atoms with Gasteiger partial charge in [0.1, 0.15) is 34.3 Å². The lowest BCUT2D eigenvalue weighted by atomic mass is 10.2. The predicted octanol–water partition coefficient (Wildman–Crippen LogP) is 5.76. The molecule has 0 atom stereocenters. The molecular weight excluding hydrogens is 377 g/mol. The van der Waals surface area contributed by atoms with E-state index >= 15 is 0 Å². The minimum atomic E-state index is -1.84. The Hall–Kier alpha value is -2.28. The van der Waals surface area contributed by atoms with Gasteiger partial charge >= 0.3 is 0 Å². The Labute approximate surface area is 172 Å². The van der Waals surface area contributed by atoms with Crippen LogP contribution >= 0.6 is 18.6 Å². The number of rotatable bonds is 6. The van der Waals surface area contributed by atoms with Crippen LogP contribution in [0.3, 0.4) is 0 Å². The third-order valence-electron chi connectivity index (χ3n) is 5.12. The molecule has 0 bridgehead atoms. The molecule has 28 heavy (non-hydrogen) atoms. The second-order valence-electron chi connectivity index (χ2n) is 7.30. The lowest BCUT2D eigenvalue weighted by Crippen LogP contribution is -2.32. The smallest absolute Gasteiger partial charge is 0.131 e. The van der Waals surface area contributed by atoms with Crippen LogP contribution in [0.2, 0.25) is 0 Å². The minimum Gasteiger partial charge on any atom is -0.242 e. The van der Waals surface area contributed by atoms with E-state index in [-0.39, 0.29) is 0 Å². The van der Waals surface area contributed by atoms with E-state index < -0.39 is 7.26 Å². The zero-order valence-electron chi connectivity index (χ0n) is 16.3. The molecule has 4 rings (SSSR count). The lowest BCUT2D eigenvalue weighted by molar-refractivity contribution is 0.828. The fraction of sp³-hybridized carbons (Fsp3) is 0.160. The Morgan fingerprint density at radius 2 is 1.14 bits per heavy atom. The van der Waals surface area contributed by atoms with Gasteiger partial charge in [0.2, 0.25) is 0 Å².